The molecule has 2 heterocycles. The number of carbonyl (C=O) groups excluding carboxylic acids is 1. The number of hydrogen-bond acceptors (Lipinski definition) is 5. The van der Waals surface area contributed by atoms with Gasteiger partial charge in [-0.25, -0.2) is 0 Å². The van der Waals surface area contributed by atoms with Crippen LogP contribution < -0.4 is 15.6 Å². The highest BCUT2D eigenvalue weighted by Crippen LogP contribution is 2.18. The number of para-hydroxylation sites is 2. The summed E-state index contributed by atoms with van der Waals surface area (Å²) in [4.78, 5) is 25.8. The topological polar surface area (TPSA) is 90.5 Å². The molecule has 0 saturated heterocycles. The Balaban J connectivity index is 1.69. The van der Waals surface area contributed by atoms with Crippen molar-refractivity contribution < 1.29 is 9.53 Å². The maximum Gasteiger partial charge on any atom is 0.297 e. The van der Waals surface area contributed by atoms with E-state index < -0.39 is 0 Å². The number of hydrogen-bond donors (Lipinski definition) is 1. The lowest BCUT2D eigenvalue weighted by Crippen LogP contribution is -2.29. The molecule has 2 aromatic carbocycles. The molecule has 0 atom stereocenters. The number of aryl methyl sites for hydroxylation is 1. The van der Waals surface area contributed by atoms with E-state index in [0.29, 0.717) is 24.2 Å². The van der Waals surface area contributed by atoms with Crippen LogP contribution in [0.3, 0.4) is 0 Å². The Labute approximate surface area is 173 Å². The predicted octanol–water partition coefficient (Wildman–Crippen LogP) is 3.03. The molecule has 0 saturated carbocycles. The highest BCUT2D eigenvalue weighted by Gasteiger charge is 2.17. The average Bonchev–Trinajstić information content (AvgIpc) is 3.17. The van der Waals surface area contributed by atoms with E-state index in [-0.39, 0.29) is 23.7 Å². The molecule has 0 radical (unpaired) electrons. The molecule has 2 aromatic heterocycles. The highest BCUT2D eigenvalue weighted by atomic mass is 16.5. The molecule has 0 aliphatic rings. The van der Waals surface area contributed by atoms with Crippen molar-refractivity contribution in [3.05, 3.63) is 64.7 Å². The summed E-state index contributed by atoms with van der Waals surface area (Å²) >= 11 is 0. The molecular formula is C22H23N5O3. The van der Waals surface area contributed by atoms with Crippen molar-refractivity contribution in [2.45, 2.75) is 33.2 Å². The van der Waals surface area contributed by atoms with E-state index in [9.17, 15) is 9.59 Å². The summed E-state index contributed by atoms with van der Waals surface area (Å²) in [6.45, 7) is 4.41. The number of benzene rings is 2. The molecule has 1 N–H and O–H groups in total. The van der Waals surface area contributed by atoms with Crippen LogP contribution in [0.15, 0.2) is 53.3 Å². The van der Waals surface area contributed by atoms with E-state index in [2.05, 4.69) is 22.4 Å². The van der Waals surface area contributed by atoms with Gasteiger partial charge < -0.3 is 10.1 Å². The number of ether oxygens (including phenoxy) is 1. The lowest BCUT2D eigenvalue weighted by atomic mass is 10.2. The van der Waals surface area contributed by atoms with Gasteiger partial charge in [0.05, 0.1) is 17.6 Å². The molecule has 0 bridgehead atoms. The van der Waals surface area contributed by atoms with Gasteiger partial charge in [-0.1, -0.05) is 19.1 Å². The quantitative estimate of drug-likeness (QED) is 0.510. The SMILES string of the molecule is CCCc1nnc2c(=O)n(CC(=O)Nc3ccc(OCC)cc3)c3ccccc3n12. The molecule has 8 nitrogen and oxygen atoms in total. The first-order valence-corrected chi connectivity index (χ1v) is 10.0. The second kappa shape index (κ2) is 8.36. The fourth-order valence-electron chi connectivity index (χ4n) is 3.51. The Morgan fingerprint density at radius 2 is 1.77 bits per heavy atom. The molecule has 0 aliphatic heterocycles. The van der Waals surface area contributed by atoms with Gasteiger partial charge in [0.25, 0.3) is 5.56 Å². The summed E-state index contributed by atoms with van der Waals surface area (Å²) in [5, 5.41) is 11.1. The Hall–Kier alpha value is -3.68. The second-order valence-electron chi connectivity index (χ2n) is 6.91. The molecule has 4 rings (SSSR count). The van der Waals surface area contributed by atoms with Crippen molar-refractivity contribution in [2.75, 3.05) is 11.9 Å². The van der Waals surface area contributed by atoms with Gasteiger partial charge in [0.1, 0.15) is 18.1 Å². The van der Waals surface area contributed by atoms with Crippen LogP contribution in [0.5, 0.6) is 5.75 Å². The van der Waals surface area contributed by atoms with Gasteiger partial charge in [-0.15, -0.1) is 10.2 Å². The summed E-state index contributed by atoms with van der Waals surface area (Å²) in [6.07, 6.45) is 1.61. The van der Waals surface area contributed by atoms with Crippen LogP contribution in [0.1, 0.15) is 26.1 Å². The normalized spacial score (nSPS) is 11.1. The monoisotopic (exact) mass is 405 g/mol. The van der Waals surface area contributed by atoms with Crippen LogP contribution in [0.25, 0.3) is 16.7 Å². The van der Waals surface area contributed by atoms with Gasteiger partial charge in [0.2, 0.25) is 11.6 Å². The molecule has 0 fully saturated rings. The van der Waals surface area contributed by atoms with E-state index in [0.717, 1.165) is 23.5 Å². The van der Waals surface area contributed by atoms with E-state index in [1.165, 1.54) is 4.57 Å². The summed E-state index contributed by atoms with van der Waals surface area (Å²) in [5.74, 6) is 1.17. The third-order valence-corrected chi connectivity index (χ3v) is 4.80. The van der Waals surface area contributed by atoms with Gasteiger partial charge in [-0.05, 0) is 49.7 Å². The zero-order valence-corrected chi connectivity index (χ0v) is 17.0. The maximum atomic E-state index is 13.1. The second-order valence-corrected chi connectivity index (χ2v) is 6.91. The fourth-order valence-corrected chi connectivity index (χ4v) is 3.51. The van der Waals surface area contributed by atoms with Crippen molar-refractivity contribution in [1.29, 1.82) is 0 Å². The van der Waals surface area contributed by atoms with Crippen molar-refractivity contribution in [3.63, 3.8) is 0 Å². The van der Waals surface area contributed by atoms with Crippen LogP contribution in [0, 0.1) is 0 Å². The molecule has 0 aliphatic carbocycles. The van der Waals surface area contributed by atoms with Gasteiger partial charge in [-0.3, -0.25) is 18.6 Å². The van der Waals surface area contributed by atoms with Crippen molar-refractivity contribution in [1.82, 2.24) is 19.2 Å². The molecule has 154 valence electrons. The van der Waals surface area contributed by atoms with E-state index >= 15 is 0 Å². The Morgan fingerprint density at radius 1 is 1.03 bits per heavy atom. The van der Waals surface area contributed by atoms with Gasteiger partial charge >= 0.3 is 0 Å². The van der Waals surface area contributed by atoms with Crippen LogP contribution in [0.4, 0.5) is 5.69 Å². The summed E-state index contributed by atoms with van der Waals surface area (Å²) in [5.41, 5.74) is 1.98. The molecule has 0 unspecified atom stereocenters. The molecule has 8 heteroatoms. The number of anilines is 1. The van der Waals surface area contributed by atoms with E-state index in [4.69, 9.17) is 4.74 Å². The average molecular weight is 405 g/mol. The molecule has 4 aromatic rings. The number of aromatic nitrogens is 4. The third kappa shape index (κ3) is 3.63. The zero-order valence-electron chi connectivity index (χ0n) is 17.0. The number of nitrogens with zero attached hydrogens (tertiary/aromatic N) is 4. The van der Waals surface area contributed by atoms with Gasteiger partial charge in [0.15, 0.2) is 0 Å². The lowest BCUT2D eigenvalue weighted by molar-refractivity contribution is -0.116. The first-order valence-electron chi connectivity index (χ1n) is 10.0. The number of fused-ring (bicyclic) bond motifs is 3. The van der Waals surface area contributed by atoms with E-state index in [1.54, 1.807) is 28.7 Å². The van der Waals surface area contributed by atoms with Crippen molar-refractivity contribution in [3.8, 4) is 5.75 Å². The molecular weight excluding hydrogens is 382 g/mol. The number of carbonyl (C=O) groups is 1. The maximum absolute atomic E-state index is 13.1. The Kier molecular flexibility index (Phi) is 5.47. The minimum absolute atomic E-state index is 0.126. The van der Waals surface area contributed by atoms with Gasteiger partial charge in [-0.2, -0.15) is 0 Å². The van der Waals surface area contributed by atoms with Crippen LogP contribution >= 0.6 is 0 Å². The summed E-state index contributed by atoms with van der Waals surface area (Å²) < 4.78 is 8.65. The van der Waals surface area contributed by atoms with Gasteiger partial charge in [0, 0.05) is 12.1 Å². The lowest BCUT2D eigenvalue weighted by Gasteiger charge is -2.13. The molecule has 0 spiro atoms. The highest BCUT2D eigenvalue weighted by molar-refractivity contribution is 5.91. The minimum Gasteiger partial charge on any atom is -0.494 e. The summed E-state index contributed by atoms with van der Waals surface area (Å²) in [7, 11) is 0. The zero-order chi connectivity index (χ0) is 21.1. The minimum atomic E-state index is -0.342. The van der Waals surface area contributed by atoms with Crippen molar-refractivity contribution in [2.24, 2.45) is 0 Å². The number of amides is 1. The standard InChI is InChI=1S/C22H23N5O3/c1-3-7-19-24-25-21-22(29)26(17-8-5-6-9-18(17)27(19)21)14-20(28)23-15-10-12-16(13-11-15)30-4-2/h5-6,8-13H,3-4,7,14H2,1-2H3,(H,23,28). The van der Waals surface area contributed by atoms with Crippen LogP contribution in [-0.2, 0) is 17.8 Å². The number of nitrogens with one attached hydrogen (secondary N) is 1. The first kappa shape index (κ1) is 19.6. The fraction of sp³-hybridized carbons (Fsp3) is 0.273. The van der Waals surface area contributed by atoms with Crippen LogP contribution in [-0.4, -0.2) is 31.7 Å². The number of rotatable bonds is 7. The smallest absolute Gasteiger partial charge is 0.297 e. The van der Waals surface area contributed by atoms with E-state index in [1.807, 2.05) is 31.2 Å². The third-order valence-electron chi connectivity index (χ3n) is 4.80. The largest absolute Gasteiger partial charge is 0.494 e. The van der Waals surface area contributed by atoms with Crippen molar-refractivity contribution >= 4 is 28.3 Å². The Bertz CT molecular complexity index is 1260. The Morgan fingerprint density at radius 3 is 2.47 bits per heavy atom. The first-order chi connectivity index (χ1) is 14.6. The van der Waals surface area contributed by atoms with Crippen LogP contribution in [0.2, 0.25) is 0 Å². The molecule has 30 heavy (non-hydrogen) atoms. The predicted molar refractivity (Wildman–Crippen MR) is 115 cm³/mol. The molecule has 1 amide bonds. The summed E-state index contributed by atoms with van der Waals surface area (Å²) in [6, 6.07) is 14.6.